The Morgan fingerprint density at radius 2 is 1.69 bits per heavy atom. The maximum Gasteiger partial charge on any atom is 0.261 e. The molecule has 0 radical (unpaired) electrons. The fraction of sp³-hybridized carbons (Fsp3) is 0.523. The highest BCUT2D eigenvalue weighted by atomic mass is 35.5. The molecule has 14 nitrogen and oxygen atoms in total. The minimum atomic E-state index is -1.31. The molecule has 4 N–H and O–H groups in total. The second-order valence-corrected chi connectivity index (χ2v) is 17.8. The van der Waals surface area contributed by atoms with E-state index in [-0.39, 0.29) is 31.4 Å². The average Bonchev–Trinajstić information content (AvgIpc) is 3.20. The number of imide groups is 1. The molecule has 0 bridgehead atoms. The number of benzene rings is 2. The number of rotatable bonds is 13. The summed E-state index contributed by atoms with van der Waals surface area (Å²) in [5.74, 6) is 0.621. The van der Waals surface area contributed by atoms with Crippen molar-refractivity contribution < 1.29 is 34.1 Å². The summed E-state index contributed by atoms with van der Waals surface area (Å²) in [7, 11) is 0. The number of piperidine rings is 1. The number of halogens is 1. The average molecular weight is 828 g/mol. The van der Waals surface area contributed by atoms with Crippen molar-refractivity contribution in [1.29, 1.82) is 5.26 Å². The molecule has 15 heteroatoms. The zero-order valence-corrected chi connectivity index (χ0v) is 34.9. The fourth-order valence-electron chi connectivity index (χ4n) is 10.1. The number of anilines is 1. The highest BCUT2D eigenvalue weighted by Crippen LogP contribution is 2.59. The predicted octanol–water partition coefficient (Wildman–Crippen LogP) is 4.59. The molecule has 2 aromatic carbocycles. The van der Waals surface area contributed by atoms with Crippen molar-refractivity contribution in [3.05, 3.63) is 82.0 Å². The van der Waals surface area contributed by atoms with Crippen molar-refractivity contribution in [2.24, 2.45) is 16.6 Å². The van der Waals surface area contributed by atoms with E-state index in [9.17, 15) is 29.9 Å². The van der Waals surface area contributed by atoms with Gasteiger partial charge < -0.3 is 30.3 Å². The highest BCUT2D eigenvalue weighted by molar-refractivity contribution is 6.31. The van der Waals surface area contributed by atoms with Gasteiger partial charge in [0.1, 0.15) is 41.9 Å². The number of hydrogen-bond acceptors (Lipinski definition) is 12. The molecule has 59 heavy (non-hydrogen) atoms. The number of aromatic nitrogens is 1. The Hall–Kier alpha value is -4.78. The molecular weight excluding hydrogens is 774 g/mol. The zero-order chi connectivity index (χ0) is 42.2. The maximum absolute atomic E-state index is 14.0. The van der Waals surface area contributed by atoms with E-state index < -0.39 is 47.0 Å². The van der Waals surface area contributed by atoms with Gasteiger partial charge >= 0.3 is 0 Å². The summed E-state index contributed by atoms with van der Waals surface area (Å²) < 4.78 is 12.5. The van der Waals surface area contributed by atoms with Gasteiger partial charge in [0.2, 0.25) is 11.8 Å². The van der Waals surface area contributed by atoms with Crippen LogP contribution in [0.5, 0.6) is 11.5 Å². The molecule has 3 fully saturated rings. The van der Waals surface area contributed by atoms with Crippen LogP contribution in [0.25, 0.3) is 0 Å². The molecule has 314 valence electrons. The van der Waals surface area contributed by atoms with Gasteiger partial charge in [0.05, 0.1) is 35.2 Å². The van der Waals surface area contributed by atoms with E-state index >= 15 is 0 Å². The lowest BCUT2D eigenvalue weighted by Gasteiger charge is -2.68. The summed E-state index contributed by atoms with van der Waals surface area (Å²) in [6, 6.07) is 14.5. The van der Waals surface area contributed by atoms with E-state index in [1.807, 2.05) is 33.8 Å². The minimum Gasteiger partial charge on any atom is -0.494 e. The standard InChI is InChI=1S/C44H54ClN7O7/c1-43(2)41(44(3,4)42(43)59-31-10-8-27(25-46)33(45)24-31)52-36(53)15-13-34(40(52)57)51-37(54)23-29-22-30(11-12-32(29)39(51)56)58-21-7-5-6-16-49-17-19-50(20-18-49)35-14-9-28(26-48-35)38(47)55/h8-12,14,22,24,26,34,36,40-42,53,57H,5-7,13,15-21,23H2,1-4H3,(H2,47,55)/t34-,36-,40-,41?,42?/m1/s1. The third kappa shape index (κ3) is 8.36. The molecule has 2 saturated heterocycles. The number of carbonyl (C=O) groups is 3. The normalized spacial score (nSPS) is 25.5. The van der Waals surface area contributed by atoms with Crippen LogP contribution in [0.4, 0.5) is 5.82 Å². The van der Waals surface area contributed by atoms with Crippen molar-refractivity contribution in [1.82, 2.24) is 19.7 Å². The van der Waals surface area contributed by atoms with Crippen LogP contribution in [-0.4, -0.2) is 118 Å². The molecule has 3 amide bonds. The van der Waals surface area contributed by atoms with Gasteiger partial charge in [0, 0.05) is 60.9 Å². The lowest BCUT2D eigenvalue weighted by molar-refractivity contribution is -0.284. The van der Waals surface area contributed by atoms with Crippen LogP contribution in [0.2, 0.25) is 5.02 Å². The number of pyridine rings is 1. The lowest BCUT2D eigenvalue weighted by Crippen LogP contribution is -2.79. The van der Waals surface area contributed by atoms with Gasteiger partial charge in [-0.2, -0.15) is 5.26 Å². The SMILES string of the molecule is CC1(C)C(Oc2ccc(C#N)c(Cl)c2)C(C)(C)C1N1[C@H](O)CC[C@@H](N2C(=O)Cc3cc(OCCCCCN4CCN(c5ccc(C(N)=O)cn5)CC4)ccc3C2=O)[C@H]1O. The van der Waals surface area contributed by atoms with Crippen molar-refractivity contribution in [2.45, 2.75) is 96.9 Å². The van der Waals surface area contributed by atoms with E-state index in [0.717, 1.165) is 57.8 Å². The Kier molecular flexibility index (Phi) is 12.2. The second kappa shape index (κ2) is 17.1. The molecule has 1 aromatic heterocycles. The molecular formula is C44H54ClN7O7. The van der Waals surface area contributed by atoms with Gasteiger partial charge in [-0.05, 0) is 86.7 Å². The Bertz CT molecular complexity index is 2080. The van der Waals surface area contributed by atoms with Crippen LogP contribution in [0.1, 0.15) is 91.6 Å². The van der Waals surface area contributed by atoms with E-state index in [1.54, 1.807) is 47.4 Å². The first-order valence-electron chi connectivity index (χ1n) is 20.5. The summed E-state index contributed by atoms with van der Waals surface area (Å²) in [6.07, 6.45) is 2.30. The van der Waals surface area contributed by atoms with E-state index in [1.165, 1.54) is 11.1 Å². The number of nitrogens with zero attached hydrogens (tertiary/aromatic N) is 6. The summed E-state index contributed by atoms with van der Waals surface area (Å²) in [4.78, 5) is 51.0. The summed E-state index contributed by atoms with van der Waals surface area (Å²) in [5.41, 5.74) is 5.92. The number of hydrogen-bond donors (Lipinski definition) is 3. The first-order valence-corrected chi connectivity index (χ1v) is 20.8. The monoisotopic (exact) mass is 827 g/mol. The number of unbranched alkanes of at least 4 members (excludes halogenated alkanes) is 2. The molecule has 0 unspecified atom stereocenters. The number of aliphatic hydroxyl groups excluding tert-OH is 2. The van der Waals surface area contributed by atoms with Crippen molar-refractivity contribution >= 4 is 35.1 Å². The number of primary amides is 1. The predicted molar refractivity (Wildman–Crippen MR) is 221 cm³/mol. The van der Waals surface area contributed by atoms with Gasteiger partial charge in [-0.25, -0.2) is 9.88 Å². The number of aliphatic hydroxyl groups is 2. The Labute approximate surface area is 350 Å². The highest BCUT2D eigenvalue weighted by Gasteiger charge is 2.68. The van der Waals surface area contributed by atoms with Crippen LogP contribution in [0.15, 0.2) is 54.7 Å². The summed E-state index contributed by atoms with van der Waals surface area (Å²) in [6.45, 7) is 13.1. The number of carbonyl (C=O) groups excluding carboxylic acids is 3. The third-order valence-corrected chi connectivity index (χ3v) is 13.0. The Morgan fingerprint density at radius 1 is 0.966 bits per heavy atom. The number of fused-ring (bicyclic) bond motifs is 1. The Balaban J connectivity index is 0.900. The first kappa shape index (κ1) is 42.3. The van der Waals surface area contributed by atoms with Gasteiger partial charge in [-0.15, -0.1) is 0 Å². The third-order valence-electron chi connectivity index (χ3n) is 12.7. The van der Waals surface area contributed by atoms with Crippen LogP contribution < -0.4 is 20.1 Å². The molecule has 3 atom stereocenters. The van der Waals surface area contributed by atoms with Gasteiger partial charge in [-0.3, -0.25) is 24.2 Å². The molecule has 1 saturated carbocycles. The number of nitriles is 1. The number of nitrogens with two attached hydrogens (primary N) is 1. The number of likely N-dealkylation sites (tertiary alicyclic amines) is 1. The summed E-state index contributed by atoms with van der Waals surface area (Å²) >= 11 is 6.28. The molecule has 4 heterocycles. The van der Waals surface area contributed by atoms with Gasteiger partial charge in [-0.1, -0.05) is 39.3 Å². The van der Waals surface area contributed by atoms with Crippen molar-refractivity contribution in [3.63, 3.8) is 0 Å². The molecule has 0 spiro atoms. The first-order chi connectivity index (χ1) is 28.1. The van der Waals surface area contributed by atoms with Crippen LogP contribution >= 0.6 is 11.6 Å². The Morgan fingerprint density at radius 3 is 2.36 bits per heavy atom. The molecule has 4 aliphatic rings. The zero-order valence-electron chi connectivity index (χ0n) is 34.1. The number of amides is 3. The molecule has 7 rings (SSSR count). The number of piperazine rings is 1. The quantitative estimate of drug-likeness (QED) is 0.161. The number of ether oxygens (including phenoxy) is 2. The van der Waals surface area contributed by atoms with E-state index in [2.05, 4.69) is 20.9 Å². The minimum absolute atomic E-state index is 0.00443. The molecule has 1 aliphatic carbocycles. The van der Waals surface area contributed by atoms with E-state index in [4.69, 9.17) is 26.8 Å². The van der Waals surface area contributed by atoms with Crippen molar-refractivity contribution in [2.75, 3.05) is 44.2 Å². The van der Waals surface area contributed by atoms with E-state index in [0.29, 0.717) is 45.4 Å². The van der Waals surface area contributed by atoms with Gasteiger partial charge in [0.15, 0.2) is 0 Å². The van der Waals surface area contributed by atoms with Crippen LogP contribution in [-0.2, 0) is 11.2 Å². The lowest BCUT2D eigenvalue weighted by atomic mass is 9.48. The smallest absolute Gasteiger partial charge is 0.261 e. The fourth-order valence-corrected chi connectivity index (χ4v) is 10.3. The summed E-state index contributed by atoms with van der Waals surface area (Å²) in [5, 5.41) is 32.9. The maximum atomic E-state index is 14.0. The topological polar surface area (TPSA) is 186 Å². The molecule has 3 aromatic rings. The van der Waals surface area contributed by atoms with Crippen molar-refractivity contribution in [3.8, 4) is 17.6 Å². The molecule has 3 aliphatic heterocycles. The van der Waals surface area contributed by atoms with Gasteiger partial charge in [0.25, 0.3) is 5.91 Å². The second-order valence-electron chi connectivity index (χ2n) is 17.4. The van der Waals surface area contributed by atoms with Crippen LogP contribution in [0.3, 0.4) is 0 Å². The van der Waals surface area contributed by atoms with Crippen LogP contribution in [0, 0.1) is 22.2 Å². The largest absolute Gasteiger partial charge is 0.494 e.